The molecule has 31 heavy (non-hydrogen) atoms. The van der Waals surface area contributed by atoms with E-state index in [9.17, 15) is 9.59 Å². The van der Waals surface area contributed by atoms with Gasteiger partial charge in [0.15, 0.2) is 0 Å². The number of likely N-dealkylation sites (N-methyl/N-ethyl adjacent to an activating group) is 1. The summed E-state index contributed by atoms with van der Waals surface area (Å²) in [5.41, 5.74) is 3.77. The van der Waals surface area contributed by atoms with Crippen molar-refractivity contribution >= 4 is 17.5 Å². The Morgan fingerprint density at radius 1 is 0.935 bits per heavy atom. The molecule has 0 aliphatic rings. The van der Waals surface area contributed by atoms with Crippen LogP contribution < -0.4 is 4.90 Å². The smallest absolute Gasteiger partial charge is 0.253 e. The fraction of sp³-hybridized carbons (Fsp3) is 0.280. The number of amides is 2. The summed E-state index contributed by atoms with van der Waals surface area (Å²) >= 11 is 0. The highest BCUT2D eigenvalue weighted by Crippen LogP contribution is 2.21. The zero-order chi connectivity index (χ0) is 22.2. The number of hydrogen-bond donors (Lipinski definition) is 0. The number of carbonyl (C=O) groups excluding carboxylic acids is 2. The third-order valence-corrected chi connectivity index (χ3v) is 5.01. The van der Waals surface area contributed by atoms with Gasteiger partial charge in [-0.2, -0.15) is 0 Å². The lowest BCUT2D eigenvalue weighted by atomic mass is 10.1. The van der Waals surface area contributed by atoms with Crippen LogP contribution in [0.25, 0.3) is 0 Å². The van der Waals surface area contributed by atoms with Crippen LogP contribution in [-0.4, -0.2) is 37.5 Å². The van der Waals surface area contributed by atoms with E-state index >= 15 is 0 Å². The van der Waals surface area contributed by atoms with Crippen LogP contribution in [0.15, 0.2) is 71.3 Å². The van der Waals surface area contributed by atoms with Gasteiger partial charge in [0.25, 0.3) is 5.91 Å². The Labute approximate surface area is 183 Å². The van der Waals surface area contributed by atoms with E-state index < -0.39 is 0 Å². The molecule has 0 unspecified atom stereocenters. The SMILES string of the molecule is COCC(=O)N(Cc1ccc(C)cc1)c1cccc(CC(=O)N(C)Cc2ccco2)c1. The molecule has 0 spiro atoms. The van der Waals surface area contributed by atoms with Crippen molar-refractivity contribution in [3.05, 3.63) is 89.4 Å². The molecule has 0 atom stereocenters. The molecule has 0 saturated carbocycles. The third-order valence-electron chi connectivity index (χ3n) is 5.01. The Balaban J connectivity index is 1.75. The summed E-state index contributed by atoms with van der Waals surface area (Å²) in [5, 5.41) is 0. The normalized spacial score (nSPS) is 10.7. The molecule has 6 nitrogen and oxygen atoms in total. The first-order chi connectivity index (χ1) is 15.0. The second-order valence-electron chi connectivity index (χ2n) is 7.57. The molecule has 3 rings (SSSR count). The number of anilines is 1. The Morgan fingerprint density at radius 3 is 2.39 bits per heavy atom. The predicted octanol–water partition coefficient (Wildman–Crippen LogP) is 3.97. The highest BCUT2D eigenvalue weighted by molar-refractivity contribution is 5.94. The Morgan fingerprint density at radius 2 is 1.71 bits per heavy atom. The summed E-state index contributed by atoms with van der Waals surface area (Å²) in [6, 6.07) is 19.3. The van der Waals surface area contributed by atoms with Gasteiger partial charge in [-0.25, -0.2) is 0 Å². The molecule has 0 fully saturated rings. The number of hydrogen-bond acceptors (Lipinski definition) is 4. The molecular weight excluding hydrogens is 392 g/mol. The van der Waals surface area contributed by atoms with Crippen LogP contribution in [-0.2, 0) is 33.8 Å². The average molecular weight is 421 g/mol. The average Bonchev–Trinajstić information content (AvgIpc) is 3.26. The van der Waals surface area contributed by atoms with Crippen LogP contribution >= 0.6 is 0 Å². The maximum Gasteiger partial charge on any atom is 0.253 e. The molecule has 0 saturated heterocycles. The first-order valence-corrected chi connectivity index (χ1v) is 10.2. The van der Waals surface area contributed by atoms with Crippen LogP contribution in [0.2, 0.25) is 0 Å². The van der Waals surface area contributed by atoms with E-state index in [4.69, 9.17) is 9.15 Å². The van der Waals surface area contributed by atoms with E-state index in [0.29, 0.717) is 13.1 Å². The quantitative estimate of drug-likeness (QED) is 0.526. The predicted molar refractivity (Wildman–Crippen MR) is 120 cm³/mol. The zero-order valence-electron chi connectivity index (χ0n) is 18.2. The number of aryl methyl sites for hydroxylation is 1. The molecule has 0 N–H and O–H groups in total. The standard InChI is InChI=1S/C25H28N2O4/c1-19-9-11-20(12-10-19)16-27(25(29)18-30-3)22-7-4-6-21(14-22)15-24(28)26(2)17-23-8-5-13-31-23/h4-14H,15-18H2,1-3H3. The monoisotopic (exact) mass is 420 g/mol. The summed E-state index contributed by atoms with van der Waals surface area (Å²) in [7, 11) is 3.26. The largest absolute Gasteiger partial charge is 0.467 e. The lowest BCUT2D eigenvalue weighted by Gasteiger charge is -2.24. The van der Waals surface area contributed by atoms with Gasteiger partial charge in [0.2, 0.25) is 5.91 Å². The Kier molecular flexibility index (Phi) is 7.62. The number of rotatable bonds is 9. The van der Waals surface area contributed by atoms with E-state index in [1.54, 1.807) is 29.2 Å². The summed E-state index contributed by atoms with van der Waals surface area (Å²) < 4.78 is 10.4. The first-order valence-electron chi connectivity index (χ1n) is 10.2. The second-order valence-corrected chi connectivity index (χ2v) is 7.57. The van der Waals surface area contributed by atoms with Gasteiger partial charge >= 0.3 is 0 Å². The fourth-order valence-electron chi connectivity index (χ4n) is 3.27. The summed E-state index contributed by atoms with van der Waals surface area (Å²) in [6.45, 7) is 2.86. The van der Waals surface area contributed by atoms with Crippen LogP contribution in [0.3, 0.4) is 0 Å². The number of ether oxygens (including phenoxy) is 1. The van der Waals surface area contributed by atoms with Crippen molar-refractivity contribution in [1.82, 2.24) is 4.90 Å². The fourth-order valence-corrected chi connectivity index (χ4v) is 3.27. The minimum atomic E-state index is -0.138. The number of nitrogens with zero attached hydrogens (tertiary/aromatic N) is 2. The van der Waals surface area contributed by atoms with E-state index in [-0.39, 0.29) is 24.8 Å². The Bertz CT molecular complexity index is 997. The Hall–Kier alpha value is -3.38. The van der Waals surface area contributed by atoms with Gasteiger partial charge in [-0.1, -0.05) is 42.0 Å². The van der Waals surface area contributed by atoms with Gasteiger partial charge in [0.1, 0.15) is 12.4 Å². The van der Waals surface area contributed by atoms with Gasteiger partial charge in [-0.15, -0.1) is 0 Å². The maximum absolute atomic E-state index is 12.7. The molecule has 2 amide bonds. The van der Waals surface area contributed by atoms with Crippen molar-refractivity contribution in [2.24, 2.45) is 0 Å². The van der Waals surface area contributed by atoms with Crippen molar-refractivity contribution in [3.63, 3.8) is 0 Å². The molecule has 0 radical (unpaired) electrons. The number of furan rings is 1. The second kappa shape index (κ2) is 10.6. The molecule has 2 aromatic carbocycles. The van der Waals surface area contributed by atoms with Crippen molar-refractivity contribution in [1.29, 1.82) is 0 Å². The molecule has 3 aromatic rings. The topological polar surface area (TPSA) is 63.0 Å². The van der Waals surface area contributed by atoms with E-state index in [1.807, 2.05) is 61.5 Å². The zero-order valence-corrected chi connectivity index (χ0v) is 18.2. The minimum absolute atomic E-state index is 0.0130. The number of methoxy groups -OCH3 is 1. The van der Waals surface area contributed by atoms with E-state index in [1.165, 1.54) is 7.11 Å². The van der Waals surface area contributed by atoms with Crippen molar-refractivity contribution in [3.8, 4) is 0 Å². The van der Waals surface area contributed by atoms with Crippen molar-refractivity contribution in [2.75, 3.05) is 25.7 Å². The highest BCUT2D eigenvalue weighted by atomic mass is 16.5. The van der Waals surface area contributed by atoms with Gasteiger partial charge in [0.05, 0.1) is 25.8 Å². The van der Waals surface area contributed by atoms with Crippen LogP contribution in [0.1, 0.15) is 22.5 Å². The molecule has 1 aromatic heterocycles. The van der Waals surface area contributed by atoms with Gasteiger partial charge in [-0.3, -0.25) is 9.59 Å². The van der Waals surface area contributed by atoms with Crippen molar-refractivity contribution < 1.29 is 18.7 Å². The molecule has 0 bridgehead atoms. The number of benzene rings is 2. The van der Waals surface area contributed by atoms with Crippen LogP contribution in [0.5, 0.6) is 0 Å². The highest BCUT2D eigenvalue weighted by Gasteiger charge is 2.18. The summed E-state index contributed by atoms with van der Waals surface area (Å²) in [4.78, 5) is 28.7. The lowest BCUT2D eigenvalue weighted by Crippen LogP contribution is -2.33. The van der Waals surface area contributed by atoms with Gasteiger partial charge in [-0.05, 0) is 42.3 Å². The molecular formula is C25H28N2O4. The first kappa shape index (κ1) is 22.3. The molecule has 0 aliphatic heterocycles. The van der Waals surface area contributed by atoms with Gasteiger partial charge in [0, 0.05) is 19.8 Å². The van der Waals surface area contributed by atoms with Crippen LogP contribution in [0, 0.1) is 6.92 Å². The summed E-state index contributed by atoms with van der Waals surface area (Å²) in [5.74, 6) is 0.572. The minimum Gasteiger partial charge on any atom is -0.467 e. The molecule has 0 aliphatic carbocycles. The van der Waals surface area contributed by atoms with Gasteiger partial charge < -0.3 is 19.0 Å². The lowest BCUT2D eigenvalue weighted by molar-refractivity contribution is -0.129. The summed E-state index contributed by atoms with van der Waals surface area (Å²) in [6.07, 6.45) is 1.83. The van der Waals surface area contributed by atoms with Crippen LogP contribution in [0.4, 0.5) is 5.69 Å². The van der Waals surface area contributed by atoms with E-state index in [0.717, 1.165) is 28.1 Å². The third kappa shape index (κ3) is 6.30. The molecule has 162 valence electrons. The molecule has 1 heterocycles. The maximum atomic E-state index is 12.7. The number of carbonyl (C=O) groups is 2. The van der Waals surface area contributed by atoms with E-state index in [2.05, 4.69) is 0 Å². The molecule has 6 heteroatoms. The van der Waals surface area contributed by atoms with Crippen molar-refractivity contribution in [2.45, 2.75) is 26.4 Å².